The summed E-state index contributed by atoms with van der Waals surface area (Å²) in [5, 5.41) is 0. The van der Waals surface area contributed by atoms with Gasteiger partial charge >= 0.3 is 0 Å². The molecule has 2 aromatic carbocycles. The lowest BCUT2D eigenvalue weighted by atomic mass is 9.98. The quantitative estimate of drug-likeness (QED) is 0.633. The fraction of sp³-hybridized carbons (Fsp3) is 0.235. The van der Waals surface area contributed by atoms with E-state index in [0.29, 0.717) is 36.4 Å². The molecule has 1 atom stereocenters. The molecule has 1 unspecified atom stereocenters. The summed E-state index contributed by atoms with van der Waals surface area (Å²) in [4.78, 5) is 1.13. The summed E-state index contributed by atoms with van der Waals surface area (Å²) in [6.45, 7) is 0.480. The summed E-state index contributed by atoms with van der Waals surface area (Å²) in [6.07, 6.45) is 1.13. The van der Waals surface area contributed by atoms with Gasteiger partial charge in [0.05, 0.1) is 24.7 Å². The Bertz CT molecular complexity index is 1040. The van der Waals surface area contributed by atoms with Gasteiger partial charge in [-0.2, -0.15) is 12.8 Å². The molecule has 0 saturated carbocycles. The van der Waals surface area contributed by atoms with Gasteiger partial charge in [-0.3, -0.25) is 0 Å². The van der Waals surface area contributed by atoms with Gasteiger partial charge in [-0.1, -0.05) is 0 Å². The molecule has 7 nitrogen and oxygen atoms in total. The molecule has 0 aliphatic carbocycles. The number of fused-ring (bicyclic) bond motifs is 2. The van der Waals surface area contributed by atoms with Gasteiger partial charge in [0.25, 0.3) is 10.0 Å². The van der Waals surface area contributed by atoms with Crippen LogP contribution >= 0.6 is 0 Å². The number of ether oxygens (including phenoxy) is 2. The van der Waals surface area contributed by atoms with Gasteiger partial charge in [0.1, 0.15) is 28.0 Å². The maximum atomic E-state index is 14.5. The van der Waals surface area contributed by atoms with Crippen LogP contribution < -0.4 is 20.1 Å². The zero-order valence-electron chi connectivity index (χ0n) is 13.9. The zero-order valence-corrected chi connectivity index (χ0v) is 14.7. The second-order valence-electron chi connectivity index (χ2n) is 6.06. The smallest absolute Gasteiger partial charge is 0.286 e. The number of hydrogen-bond acceptors (Lipinski definition) is 5. The lowest BCUT2D eigenvalue weighted by molar-refractivity contribution is 0.251. The highest BCUT2D eigenvalue weighted by molar-refractivity contribution is 7.90. The molecule has 0 amide bonds. The fourth-order valence-electron chi connectivity index (χ4n) is 3.34. The predicted octanol–water partition coefficient (Wildman–Crippen LogP) is 2.32. The molecule has 4 rings (SSSR count). The number of nitrogens with zero attached hydrogens (tertiary/aromatic N) is 2. The number of benzene rings is 2. The van der Waals surface area contributed by atoms with Gasteiger partial charge in [0.15, 0.2) is 6.73 Å². The third-order valence-electron chi connectivity index (χ3n) is 4.52. The third-order valence-corrected chi connectivity index (χ3v) is 5.78. The Morgan fingerprint density at radius 3 is 2.78 bits per heavy atom. The van der Waals surface area contributed by atoms with Gasteiger partial charge in [-0.15, -0.1) is 0 Å². The highest BCUT2D eigenvalue weighted by atomic mass is 32.2. The Hall–Kier alpha value is -2.88. The molecule has 0 saturated heterocycles. The lowest BCUT2D eigenvalue weighted by Gasteiger charge is -2.33. The van der Waals surface area contributed by atoms with Crippen LogP contribution in [-0.2, 0) is 10.0 Å². The Morgan fingerprint density at radius 2 is 2.00 bits per heavy atom. The first kappa shape index (κ1) is 17.5. The fourth-order valence-corrected chi connectivity index (χ4v) is 4.17. The van der Waals surface area contributed by atoms with E-state index in [9.17, 15) is 17.2 Å². The van der Waals surface area contributed by atoms with Crippen molar-refractivity contribution in [3.8, 4) is 11.5 Å². The van der Waals surface area contributed by atoms with E-state index in [4.69, 9.17) is 15.2 Å². The molecule has 2 aliphatic rings. The van der Waals surface area contributed by atoms with E-state index in [1.54, 1.807) is 11.0 Å². The minimum absolute atomic E-state index is 0.0685. The summed E-state index contributed by atoms with van der Waals surface area (Å²) in [7, 11) is -4.26. The van der Waals surface area contributed by atoms with E-state index in [1.165, 1.54) is 12.1 Å². The highest BCUT2D eigenvalue weighted by Crippen LogP contribution is 2.45. The van der Waals surface area contributed by atoms with Crippen molar-refractivity contribution >= 4 is 22.0 Å². The first-order chi connectivity index (χ1) is 12.9. The zero-order chi connectivity index (χ0) is 19.2. The average molecular weight is 395 g/mol. The van der Waals surface area contributed by atoms with E-state index in [-0.39, 0.29) is 18.5 Å². The van der Waals surface area contributed by atoms with Gasteiger partial charge in [-0.05, 0) is 18.2 Å². The van der Waals surface area contributed by atoms with Crippen molar-refractivity contribution in [1.29, 1.82) is 0 Å². The minimum Gasteiger partial charge on any atom is -0.493 e. The predicted molar refractivity (Wildman–Crippen MR) is 93.5 cm³/mol. The summed E-state index contributed by atoms with van der Waals surface area (Å²) >= 11 is 0. The Labute approximate surface area is 154 Å². The van der Waals surface area contributed by atoms with Gasteiger partial charge in [-0.25, -0.2) is 8.78 Å². The van der Waals surface area contributed by atoms with E-state index >= 15 is 0 Å². The molecule has 27 heavy (non-hydrogen) atoms. The number of sulfonamides is 1. The molecule has 0 bridgehead atoms. The van der Waals surface area contributed by atoms with Crippen LogP contribution in [0.25, 0.3) is 0 Å². The number of halogens is 2. The molecule has 2 heterocycles. The molecule has 0 aromatic heterocycles. The van der Waals surface area contributed by atoms with Gasteiger partial charge in [0, 0.05) is 24.1 Å². The van der Waals surface area contributed by atoms with E-state index < -0.39 is 26.6 Å². The summed E-state index contributed by atoms with van der Waals surface area (Å²) in [5.41, 5.74) is 6.02. The average Bonchev–Trinajstić information content (AvgIpc) is 3.03. The van der Waals surface area contributed by atoms with Crippen LogP contribution in [0.1, 0.15) is 18.0 Å². The van der Waals surface area contributed by atoms with Crippen LogP contribution in [-0.4, -0.2) is 28.1 Å². The minimum atomic E-state index is -4.26. The Kier molecular flexibility index (Phi) is 4.14. The van der Waals surface area contributed by atoms with Crippen LogP contribution in [0.15, 0.2) is 39.6 Å². The number of hydrogen-bond donors (Lipinski definition) is 1. The highest BCUT2D eigenvalue weighted by Gasteiger charge is 2.35. The monoisotopic (exact) mass is 395 g/mol. The van der Waals surface area contributed by atoms with Gasteiger partial charge in [0.2, 0.25) is 0 Å². The summed E-state index contributed by atoms with van der Waals surface area (Å²) in [5.74, 6) is -0.622. The molecule has 2 N–H and O–H groups in total. The molecular weight excluding hydrogens is 380 g/mol. The van der Waals surface area contributed by atoms with Crippen LogP contribution in [0.4, 0.5) is 14.5 Å². The van der Waals surface area contributed by atoms with Crippen molar-refractivity contribution in [2.75, 3.05) is 18.2 Å². The number of anilines is 1. The maximum Gasteiger partial charge on any atom is 0.286 e. The van der Waals surface area contributed by atoms with E-state index in [0.717, 1.165) is 12.1 Å². The van der Waals surface area contributed by atoms with Crippen LogP contribution in [0.3, 0.4) is 0 Å². The molecule has 0 fully saturated rings. The molecule has 0 spiro atoms. The largest absolute Gasteiger partial charge is 0.493 e. The second kappa shape index (κ2) is 6.38. The van der Waals surface area contributed by atoms with Crippen molar-refractivity contribution in [3.63, 3.8) is 0 Å². The van der Waals surface area contributed by atoms with Gasteiger partial charge < -0.3 is 20.1 Å². The van der Waals surface area contributed by atoms with Crippen molar-refractivity contribution < 1.29 is 26.7 Å². The Balaban J connectivity index is 1.76. The topological polar surface area (TPSA) is 94.2 Å². The number of rotatable bonds is 3. The van der Waals surface area contributed by atoms with Crippen LogP contribution in [0, 0.1) is 11.6 Å². The molecule has 2 aliphatic heterocycles. The van der Waals surface area contributed by atoms with Crippen molar-refractivity contribution in [1.82, 2.24) is 0 Å². The standard InChI is InChI=1S/C17H15F2N3O4S/c18-10-1-2-15-11(5-10)13(3-4-25-15)22-9-26-16-7-17(12(19)6-14(16)22)27(23,24)21-8-20/h1-2,5-8,13H,3-4,9H2,(H2,20,21). The maximum absolute atomic E-state index is 14.5. The lowest BCUT2D eigenvalue weighted by Crippen LogP contribution is -2.32. The number of nitrogens with two attached hydrogens (primary N) is 1. The molecular formula is C17H15F2N3O4S. The van der Waals surface area contributed by atoms with Crippen LogP contribution in [0.2, 0.25) is 0 Å². The van der Waals surface area contributed by atoms with E-state index in [1.807, 2.05) is 0 Å². The first-order valence-electron chi connectivity index (χ1n) is 8.06. The SMILES string of the molecule is NC=NS(=O)(=O)c1cc2c(cc1F)N(C1CCOc3ccc(F)cc31)CO2. The first-order valence-corrected chi connectivity index (χ1v) is 9.50. The Morgan fingerprint density at radius 1 is 1.19 bits per heavy atom. The van der Waals surface area contributed by atoms with E-state index in [2.05, 4.69) is 4.40 Å². The van der Waals surface area contributed by atoms with Crippen LogP contribution in [0.5, 0.6) is 11.5 Å². The molecule has 142 valence electrons. The second-order valence-corrected chi connectivity index (χ2v) is 7.66. The third kappa shape index (κ3) is 2.95. The summed E-state index contributed by atoms with van der Waals surface area (Å²) in [6, 6.07) is 6.10. The van der Waals surface area contributed by atoms with Crippen molar-refractivity contribution in [2.45, 2.75) is 17.4 Å². The normalized spacial score (nSPS) is 18.7. The molecule has 2 aromatic rings. The molecule has 0 radical (unpaired) electrons. The van der Waals surface area contributed by atoms with Crippen molar-refractivity contribution in [3.05, 3.63) is 47.5 Å². The van der Waals surface area contributed by atoms with Crippen molar-refractivity contribution in [2.24, 2.45) is 10.1 Å². The summed E-state index contributed by atoms with van der Waals surface area (Å²) < 4.78 is 66.4. The molecule has 10 heteroatoms.